The summed E-state index contributed by atoms with van der Waals surface area (Å²) in [6.07, 6.45) is 5.46. The maximum atomic E-state index is 6.46. The Balaban J connectivity index is 1.36. The number of aromatic nitrogens is 1. The number of benzene rings is 6. The summed E-state index contributed by atoms with van der Waals surface area (Å²) in [5.41, 5.74) is 12.0. The van der Waals surface area contributed by atoms with Gasteiger partial charge in [0.25, 0.3) is 0 Å². The molecule has 0 aliphatic heterocycles. The van der Waals surface area contributed by atoms with Crippen LogP contribution in [-0.4, -0.2) is 69.2 Å². The van der Waals surface area contributed by atoms with E-state index in [1.165, 1.54) is 22.4 Å². The molecule has 262 valence electrons. The highest BCUT2D eigenvalue weighted by Crippen LogP contribution is 2.46. The predicted octanol–water partition coefficient (Wildman–Crippen LogP) is 5.41. The first-order valence-corrected chi connectivity index (χ1v) is 18.7. The molecule has 0 amide bonds. The number of para-hydroxylation sites is 1. The zero-order valence-electron chi connectivity index (χ0n) is 31.9. The van der Waals surface area contributed by atoms with Gasteiger partial charge in [-0.1, -0.05) is 121 Å². The molecule has 10 heteroatoms. The third-order valence-electron chi connectivity index (χ3n) is 10.6. The molecule has 1 N–H and O–H groups in total. The molecule has 0 saturated heterocycles. The number of hydrogen-bond acceptors (Lipinski definition) is 2. The van der Waals surface area contributed by atoms with Crippen LogP contribution in [0.5, 0.6) is 0 Å². The molecule has 0 bridgehead atoms. The van der Waals surface area contributed by atoms with E-state index in [2.05, 4.69) is 107 Å². The number of rotatable bonds is 7. The molecule has 0 saturated carbocycles. The maximum Gasteiger partial charge on any atom is 0.162 e. The summed E-state index contributed by atoms with van der Waals surface area (Å²) in [6, 6.07) is 41.3. The normalized spacial score (nSPS) is 14.1. The molecule has 6 aromatic carbocycles. The van der Waals surface area contributed by atoms with E-state index in [9.17, 15) is 0 Å². The van der Waals surface area contributed by atoms with Crippen LogP contribution in [0.1, 0.15) is 29.3 Å². The van der Waals surface area contributed by atoms with Crippen molar-refractivity contribution >= 4 is 113 Å². The van der Waals surface area contributed by atoms with E-state index < -0.39 is 0 Å². The third kappa shape index (κ3) is 6.84. The van der Waals surface area contributed by atoms with Crippen LogP contribution in [0, 0.1) is 5.92 Å². The van der Waals surface area contributed by atoms with Crippen LogP contribution in [0.15, 0.2) is 142 Å². The lowest BCUT2D eigenvalue weighted by Gasteiger charge is -2.20. The second-order valence-electron chi connectivity index (χ2n) is 14.1. The molecule has 5 nitrogen and oxygen atoms in total. The standard InChI is InChI=1S/C47H34B5N5/c1-27-18-23-33-37(26-27)57(31-21-19-29(20-22-31)28-12-6-4-7-13-28)36-25-24-35(53-2)38(39(33)36)32-16-10-11-17-34(32)55-46(30-14-8-5-9-15-30)56-47(54-3)40-41(48)43(50)45(52)44(51)42(40)49/h4-25,27,53H,3,26H2,1-2H3. The summed E-state index contributed by atoms with van der Waals surface area (Å²) in [7, 11) is 33.5. The number of allylic oxidation sites excluding steroid dienone is 1. The minimum absolute atomic E-state index is 0.0927. The van der Waals surface area contributed by atoms with Gasteiger partial charge >= 0.3 is 0 Å². The van der Waals surface area contributed by atoms with Crippen molar-refractivity contribution in [2.24, 2.45) is 20.9 Å². The van der Waals surface area contributed by atoms with Crippen molar-refractivity contribution in [1.82, 2.24) is 4.57 Å². The number of fused-ring (bicyclic) bond motifs is 3. The Morgan fingerprint density at radius 1 is 0.702 bits per heavy atom. The quantitative estimate of drug-likeness (QED) is 0.134. The molecule has 1 aliphatic carbocycles. The summed E-state index contributed by atoms with van der Waals surface area (Å²) in [4.78, 5) is 14.5. The van der Waals surface area contributed by atoms with Gasteiger partial charge in [0.15, 0.2) is 11.7 Å². The van der Waals surface area contributed by atoms with Crippen LogP contribution >= 0.6 is 0 Å². The Morgan fingerprint density at radius 2 is 1.32 bits per heavy atom. The minimum Gasteiger partial charge on any atom is -0.388 e. The molecule has 7 aromatic rings. The lowest BCUT2D eigenvalue weighted by atomic mass is 9.60. The van der Waals surface area contributed by atoms with Crippen LogP contribution in [0.4, 0.5) is 11.4 Å². The molecule has 0 spiro atoms. The summed E-state index contributed by atoms with van der Waals surface area (Å²) < 4.78 is 2.41. The van der Waals surface area contributed by atoms with Gasteiger partial charge in [-0.05, 0) is 60.5 Å². The van der Waals surface area contributed by atoms with Crippen LogP contribution in [0.3, 0.4) is 0 Å². The van der Waals surface area contributed by atoms with Gasteiger partial charge in [0.2, 0.25) is 0 Å². The Hall–Kier alpha value is -6.27. The van der Waals surface area contributed by atoms with Crippen molar-refractivity contribution in [2.75, 3.05) is 12.4 Å². The number of nitrogens with zero attached hydrogens (tertiary/aromatic N) is 4. The second kappa shape index (κ2) is 15.7. The third-order valence-corrected chi connectivity index (χ3v) is 10.6. The summed E-state index contributed by atoms with van der Waals surface area (Å²) in [5.74, 6) is 0.829. The Kier molecular flexibility index (Phi) is 10.4. The molecule has 0 fully saturated rings. The predicted molar refractivity (Wildman–Crippen MR) is 248 cm³/mol. The number of nitrogens with one attached hydrogen (secondary N) is 1. The fourth-order valence-corrected chi connectivity index (χ4v) is 7.69. The highest BCUT2D eigenvalue weighted by molar-refractivity contribution is 6.68. The van der Waals surface area contributed by atoms with Crippen molar-refractivity contribution in [3.8, 4) is 27.9 Å². The van der Waals surface area contributed by atoms with E-state index >= 15 is 0 Å². The van der Waals surface area contributed by atoms with Crippen molar-refractivity contribution in [1.29, 1.82) is 0 Å². The first-order valence-electron chi connectivity index (χ1n) is 18.7. The molecule has 8 rings (SSSR count). The van der Waals surface area contributed by atoms with E-state index in [4.69, 9.17) is 49.2 Å². The SMILES string of the molecule is [B]c1c([B])c([B])c(C(N=C)=NC(=Nc2ccccc2-c2c(NC)ccc3c2c2c(n3-c3ccc(-c4ccccc4)cc3)CC(C)C=C2)c2ccccc2)c([B])c1[B]. The van der Waals surface area contributed by atoms with Crippen LogP contribution in [-0.2, 0) is 6.42 Å². The molecular formula is C47H34B5N5. The number of anilines is 1. The Morgan fingerprint density at radius 3 is 1.98 bits per heavy atom. The molecule has 1 aliphatic rings. The fraction of sp³-hybridized carbons (Fsp3) is 0.0851. The van der Waals surface area contributed by atoms with Gasteiger partial charge in [0.05, 0.1) is 11.2 Å². The summed E-state index contributed by atoms with van der Waals surface area (Å²) in [6.45, 7) is 6.05. The van der Waals surface area contributed by atoms with Gasteiger partial charge in [-0.2, -0.15) is 0 Å². The zero-order chi connectivity index (χ0) is 39.8. The number of aliphatic imine (C=N–C) groups is 3. The van der Waals surface area contributed by atoms with Crippen molar-refractivity contribution in [3.63, 3.8) is 0 Å². The molecule has 1 heterocycles. The maximum absolute atomic E-state index is 6.46. The minimum atomic E-state index is 0.0927. The van der Waals surface area contributed by atoms with E-state index in [-0.39, 0.29) is 38.7 Å². The van der Waals surface area contributed by atoms with E-state index in [1.54, 1.807) is 0 Å². The topological polar surface area (TPSA) is 54.0 Å². The fourth-order valence-electron chi connectivity index (χ4n) is 7.69. The van der Waals surface area contributed by atoms with Crippen LogP contribution in [0.25, 0.3) is 44.9 Å². The highest BCUT2D eigenvalue weighted by atomic mass is 15.0. The average Bonchev–Trinajstić information content (AvgIpc) is 3.58. The molecule has 10 radical (unpaired) electrons. The van der Waals surface area contributed by atoms with Crippen molar-refractivity contribution < 1.29 is 0 Å². The number of hydrogen-bond donors (Lipinski definition) is 1. The lowest BCUT2D eigenvalue weighted by Crippen LogP contribution is -2.57. The summed E-state index contributed by atoms with van der Waals surface area (Å²) in [5, 5.41) is 4.61. The smallest absolute Gasteiger partial charge is 0.162 e. The van der Waals surface area contributed by atoms with Crippen molar-refractivity contribution in [2.45, 2.75) is 13.3 Å². The van der Waals surface area contributed by atoms with Crippen LogP contribution in [0.2, 0.25) is 0 Å². The molecule has 1 unspecified atom stereocenters. The van der Waals surface area contributed by atoms with E-state index in [0.717, 1.165) is 45.4 Å². The molecule has 57 heavy (non-hydrogen) atoms. The van der Waals surface area contributed by atoms with E-state index in [1.807, 2.05) is 61.6 Å². The second-order valence-corrected chi connectivity index (χ2v) is 14.1. The molecule has 1 aromatic heterocycles. The van der Waals surface area contributed by atoms with Gasteiger partial charge in [0, 0.05) is 57.3 Å². The number of amidine groups is 2. The largest absolute Gasteiger partial charge is 0.388 e. The van der Waals surface area contributed by atoms with Crippen molar-refractivity contribution in [3.05, 3.63) is 150 Å². The van der Waals surface area contributed by atoms with Crippen LogP contribution < -0.4 is 32.6 Å². The Bertz CT molecular complexity index is 2740. The first-order chi connectivity index (χ1) is 27.7. The Labute approximate surface area is 340 Å². The van der Waals surface area contributed by atoms with Gasteiger partial charge in [-0.25, -0.2) is 15.0 Å². The van der Waals surface area contributed by atoms with Gasteiger partial charge in [-0.3, -0.25) is 0 Å². The molecule has 1 atom stereocenters. The molecular weight excluding hydrogens is 689 g/mol. The summed E-state index contributed by atoms with van der Waals surface area (Å²) >= 11 is 0. The van der Waals surface area contributed by atoms with E-state index in [0.29, 0.717) is 17.4 Å². The van der Waals surface area contributed by atoms with Gasteiger partial charge in [0.1, 0.15) is 39.2 Å². The monoisotopic (exact) mass is 723 g/mol. The van der Waals surface area contributed by atoms with Gasteiger partial charge in [-0.15, -0.1) is 16.4 Å². The zero-order valence-corrected chi connectivity index (χ0v) is 31.9. The lowest BCUT2D eigenvalue weighted by molar-refractivity contribution is 0.690. The van der Waals surface area contributed by atoms with Gasteiger partial charge < -0.3 is 9.88 Å². The first kappa shape index (κ1) is 37.6. The average molecular weight is 723 g/mol. The highest BCUT2D eigenvalue weighted by Gasteiger charge is 2.26.